The maximum absolute atomic E-state index is 13.5. The van der Waals surface area contributed by atoms with Gasteiger partial charge in [-0.25, -0.2) is 29.3 Å². The second-order valence-corrected chi connectivity index (χ2v) is 38.5. The van der Waals surface area contributed by atoms with Crippen LogP contribution in [0.25, 0.3) is 82.2 Å². The maximum atomic E-state index is 13.5. The van der Waals surface area contributed by atoms with Crippen molar-refractivity contribution in [2.24, 2.45) is 0 Å². The minimum absolute atomic E-state index is 0.0574. The molecule has 28 nitrogen and oxygen atoms in total. The van der Waals surface area contributed by atoms with E-state index in [0.29, 0.717) is 90.6 Å². The van der Waals surface area contributed by atoms with E-state index in [2.05, 4.69) is 109 Å². The first-order chi connectivity index (χ1) is 68.6. The first-order valence-corrected chi connectivity index (χ1v) is 51.0. The highest BCUT2D eigenvalue weighted by molar-refractivity contribution is 7.22. The van der Waals surface area contributed by atoms with Gasteiger partial charge in [-0.1, -0.05) is 153 Å². The smallest absolute Gasteiger partial charge is 0.276 e. The number of Topliss-reactive ketones (excluding diaryl/α,β-unsaturated/α-hetero) is 1. The normalized spacial score (nSPS) is 15.8. The number of piperidine rings is 1. The van der Waals surface area contributed by atoms with Gasteiger partial charge >= 0.3 is 0 Å². The van der Waals surface area contributed by atoms with Crippen LogP contribution in [-0.4, -0.2) is 217 Å². The number of fused-ring (bicyclic) bond motifs is 1. The van der Waals surface area contributed by atoms with E-state index in [-0.39, 0.29) is 41.0 Å². The van der Waals surface area contributed by atoms with Crippen molar-refractivity contribution in [3.63, 3.8) is 0 Å². The quantitative estimate of drug-likeness (QED) is 0.0299. The summed E-state index contributed by atoms with van der Waals surface area (Å²) in [6, 6.07) is 57.4. The number of furan rings is 1. The van der Waals surface area contributed by atoms with Crippen molar-refractivity contribution in [1.82, 2.24) is 80.4 Å². The molecule has 4 amide bonds. The number of carbonyl (C=O) groups excluding carboxylic acids is 5. The number of aromatic amines is 1. The average molecular weight is 1940 g/mol. The molecule has 31 heteroatoms. The number of thiophene rings is 1. The number of amides is 4. The van der Waals surface area contributed by atoms with Crippen LogP contribution >= 0.6 is 34.0 Å². The highest BCUT2D eigenvalue weighted by atomic mass is 32.1. The number of aromatic nitrogens is 11. The monoisotopic (exact) mass is 1930 g/mol. The Bertz CT molecular complexity index is 6540. The van der Waals surface area contributed by atoms with Gasteiger partial charge in [0.25, 0.3) is 23.6 Å². The van der Waals surface area contributed by atoms with Crippen LogP contribution in [0.1, 0.15) is 165 Å². The number of carbonyl (C=O) groups is 5. The number of para-hydroxylation sites is 1. The zero-order chi connectivity index (χ0) is 96.4. The Morgan fingerprint density at radius 1 is 0.600 bits per heavy atom. The molecule has 1 saturated carbocycles. The summed E-state index contributed by atoms with van der Waals surface area (Å²) in [6.07, 6.45) is 34.7. The standard InChI is InChI=1S/C27H33N5O.C23H24N2O2S.C22H27N5O2.C21H23N3O2S.C16H12N4O2S/c33-26(29-21-27(14-6-2-7-15-27)31-17-8-3-9-18-31)24-20-32(23-12-4-1-5-13-23)30-25(24)22-11-10-16-28-19-22;26-20(12-7-13-25-14-16-27-17-15-25)22-21(18-8-3-1-4-9-18)24-23(28-22)19-10-5-2-6-11-19;1-15-18(16(2)26-25-15)9-10-23-22(28)19-7-8-20(17-5-3-4-6-17)24-21(19)27-11-13-29-14-12-27;1-14(2)22-21(25)16-7-8-17(23-20(16)24-9-11-26-12-10-24)19-13-15-5-3-4-6-18(15)27-19;21-15(18-16-17-7-9-23-16)13-10-12(14-6-3-8-22-14)19-20(13)11-4-1-2-5-11/h1,4-5,10-13,16,19-20H,2-3,6-9,14-15,17-18,21H2,(H,29,33);1-6,8-11H,7,12-17H2;3,5-8H,4,9-14H2,1-2H3,(H,23,28)(H,25,26);3-8,13-14H,9-12H2,1-2H3,(H,22,25);1-4,6-10H,5H2,(H,17,18,21). The number of ketones is 1. The summed E-state index contributed by atoms with van der Waals surface area (Å²) in [5.74, 6) is 1.80. The Balaban J connectivity index is 0.000000121. The molecule has 0 radical (unpaired) electrons. The molecule has 4 aliphatic heterocycles. The lowest BCUT2D eigenvalue weighted by Gasteiger charge is -2.48. The second-order valence-electron chi connectivity index (χ2n) is 35.6. The number of allylic oxidation sites excluding steroid dienone is 8. The number of ether oxygens (including phenoxy) is 3. The van der Waals surface area contributed by atoms with Gasteiger partial charge in [0.05, 0.1) is 101 Å². The summed E-state index contributed by atoms with van der Waals surface area (Å²) < 4.78 is 26.4. The number of pyridine rings is 3. The van der Waals surface area contributed by atoms with Gasteiger partial charge in [-0.2, -0.15) is 15.3 Å². The molecule has 722 valence electrons. The number of rotatable bonds is 27. The number of hydrogen-bond donors (Lipinski definition) is 5. The van der Waals surface area contributed by atoms with Crippen molar-refractivity contribution >= 4 is 102 Å². The summed E-state index contributed by atoms with van der Waals surface area (Å²) in [5.41, 5.74) is 15.3. The van der Waals surface area contributed by atoms with Crippen LogP contribution in [0, 0.1) is 13.8 Å². The molecule has 5 fully saturated rings. The average Bonchev–Trinajstić information content (AvgIpc) is 1.61. The largest absolute Gasteiger partial charge is 0.463 e. The molecule has 10 aromatic heterocycles. The summed E-state index contributed by atoms with van der Waals surface area (Å²) in [5, 5.41) is 33.1. The molecule has 7 aliphatic rings. The van der Waals surface area contributed by atoms with Gasteiger partial charge in [0.15, 0.2) is 16.7 Å². The van der Waals surface area contributed by atoms with Crippen molar-refractivity contribution in [3.05, 3.63) is 299 Å². The Kier molecular flexibility index (Phi) is 33.8. The van der Waals surface area contributed by atoms with Crippen molar-refractivity contribution in [2.45, 2.75) is 123 Å². The van der Waals surface area contributed by atoms with Gasteiger partial charge < -0.3 is 44.4 Å². The van der Waals surface area contributed by atoms with Crippen LogP contribution in [0.3, 0.4) is 0 Å². The van der Waals surface area contributed by atoms with Gasteiger partial charge in [0.1, 0.15) is 33.7 Å². The first-order valence-electron chi connectivity index (χ1n) is 48.5. The zero-order valence-electron chi connectivity index (χ0n) is 79.6. The molecule has 0 unspecified atom stereocenters. The minimum Gasteiger partial charge on any atom is -0.463 e. The minimum atomic E-state index is -0.252. The van der Waals surface area contributed by atoms with Crippen molar-refractivity contribution in [2.75, 3.05) is 127 Å². The van der Waals surface area contributed by atoms with Crippen LogP contribution in [0.4, 0.5) is 16.8 Å². The van der Waals surface area contributed by atoms with E-state index >= 15 is 0 Å². The van der Waals surface area contributed by atoms with Crippen LogP contribution in [-0.2, 0) is 20.6 Å². The summed E-state index contributed by atoms with van der Waals surface area (Å²) in [6.45, 7) is 21.5. The highest BCUT2D eigenvalue weighted by Crippen LogP contribution is 2.40. The van der Waals surface area contributed by atoms with Crippen molar-refractivity contribution < 1.29 is 42.6 Å². The van der Waals surface area contributed by atoms with E-state index in [9.17, 15) is 24.0 Å². The number of thiazole rings is 2. The molecule has 5 N–H and O–H groups in total. The van der Waals surface area contributed by atoms with E-state index in [1.807, 2.05) is 197 Å². The number of nitrogens with one attached hydrogen (secondary N) is 5. The van der Waals surface area contributed by atoms with Crippen molar-refractivity contribution in [1.29, 1.82) is 0 Å². The summed E-state index contributed by atoms with van der Waals surface area (Å²) in [4.78, 5) is 99.0. The third kappa shape index (κ3) is 25.1. The fourth-order valence-corrected chi connectivity index (χ4v) is 20.9. The molecule has 140 heavy (non-hydrogen) atoms. The van der Waals surface area contributed by atoms with Gasteiger partial charge in [-0.3, -0.25) is 49.2 Å². The number of hydrogen-bond acceptors (Lipinski definition) is 24. The van der Waals surface area contributed by atoms with Gasteiger partial charge in [-0.05, 0) is 188 Å². The van der Waals surface area contributed by atoms with Crippen molar-refractivity contribution in [3.8, 4) is 60.8 Å². The molecule has 21 rings (SSSR count). The van der Waals surface area contributed by atoms with E-state index in [1.165, 1.54) is 84.1 Å². The van der Waals surface area contributed by atoms with E-state index < -0.39 is 0 Å². The molecule has 0 bridgehead atoms. The number of aryl methyl sites for hydroxylation is 2. The van der Waals surface area contributed by atoms with Gasteiger partial charge in [0, 0.05) is 146 Å². The third-order valence-corrected chi connectivity index (χ3v) is 28.6. The Labute approximate surface area is 828 Å². The predicted octanol–water partition coefficient (Wildman–Crippen LogP) is 19.8. The Morgan fingerprint density at radius 2 is 1.27 bits per heavy atom. The van der Waals surface area contributed by atoms with E-state index in [4.69, 9.17) is 38.7 Å². The molecular formula is C109H119N19O9S3. The SMILES string of the molecule is CC(C)NC(=O)c1ccc(-c2cc3ccccc3s2)nc1N1CCOCC1.Cc1n[nH]c(C)c1CCNC(=O)c1ccc(C2=CCC=C2)nc1N1CCOCC1.O=C(CCCN1CCOCC1)c1sc(-c2ccccc2)nc1-c1ccccc1.O=C(NCC1(N2CCCCC2)CCCCC1)c1cn(-c2ccccc2)nc1-c1cccnc1.O=C(Nc1nccs1)c1cc(-c2ccco2)nn1C1=CC=CC1. The molecular weight excluding hydrogens is 1820 g/mol. The Hall–Kier alpha value is -13.6. The van der Waals surface area contributed by atoms with E-state index in [0.717, 1.165) is 192 Å². The number of likely N-dealkylation sites (tertiary alicyclic amines) is 1. The number of anilines is 3. The lowest BCUT2D eigenvalue weighted by molar-refractivity contribution is 0.0327. The van der Waals surface area contributed by atoms with E-state index in [1.54, 1.807) is 57.7 Å². The third-order valence-electron chi connectivity index (χ3n) is 25.6. The predicted molar refractivity (Wildman–Crippen MR) is 556 cm³/mol. The highest BCUT2D eigenvalue weighted by Gasteiger charge is 2.40. The molecule has 14 heterocycles. The molecule has 4 saturated heterocycles. The zero-order valence-corrected chi connectivity index (χ0v) is 82.1. The number of benzene rings is 4. The molecule has 14 aromatic rings. The Morgan fingerprint density at radius 3 is 1.92 bits per heavy atom. The molecule has 0 atom stereocenters. The lowest BCUT2D eigenvalue weighted by atomic mass is 9.79. The topological polar surface area (TPSA) is 316 Å². The number of H-pyrrole nitrogens is 1. The maximum Gasteiger partial charge on any atom is 0.276 e. The van der Waals surface area contributed by atoms with Gasteiger partial charge in [-0.15, -0.1) is 34.0 Å². The fraction of sp³-hybridized carbons (Fsp3) is 0.330. The van der Waals surface area contributed by atoms with Crippen LogP contribution in [0.15, 0.2) is 253 Å². The number of morpholine rings is 3. The van der Waals surface area contributed by atoms with Crippen LogP contribution in [0.2, 0.25) is 0 Å². The molecule has 4 aromatic carbocycles. The fourth-order valence-electron chi connectivity index (χ4n) is 18.3. The lowest BCUT2D eigenvalue weighted by Crippen LogP contribution is -2.58. The molecule has 3 aliphatic carbocycles. The second kappa shape index (κ2) is 48.3. The first kappa shape index (κ1) is 98.0. The number of nitrogens with zero attached hydrogens (tertiary/aromatic N) is 14. The van der Waals surface area contributed by atoms with Crippen LogP contribution in [0.5, 0.6) is 0 Å². The summed E-state index contributed by atoms with van der Waals surface area (Å²) >= 11 is 4.60. The van der Waals surface area contributed by atoms with Crippen LogP contribution < -0.4 is 31.1 Å². The molecule has 0 spiro atoms. The van der Waals surface area contributed by atoms with Gasteiger partial charge in [0.2, 0.25) is 0 Å². The summed E-state index contributed by atoms with van der Waals surface area (Å²) in [7, 11) is 0.